The molecule has 1 heterocycles. The molecule has 0 unspecified atom stereocenters. The summed E-state index contributed by atoms with van der Waals surface area (Å²) in [5.74, 6) is 0.632. The van der Waals surface area contributed by atoms with Crippen molar-refractivity contribution in [1.82, 2.24) is 4.90 Å². The highest BCUT2D eigenvalue weighted by Gasteiger charge is 2.26. The average molecular weight is 506 g/mol. The first kappa shape index (κ1) is 30.4. The summed E-state index contributed by atoms with van der Waals surface area (Å²) < 4.78 is 0. The summed E-state index contributed by atoms with van der Waals surface area (Å²) in [6.45, 7) is 27.6. The fourth-order valence-electron chi connectivity index (χ4n) is 4.94. The number of benzene rings is 1. The third kappa shape index (κ3) is 9.23. The van der Waals surface area contributed by atoms with Crippen LogP contribution in [0.3, 0.4) is 0 Å². The van der Waals surface area contributed by atoms with Gasteiger partial charge in [-0.25, -0.2) is 4.99 Å². The first-order valence-electron chi connectivity index (χ1n) is 14.3. The fraction of sp³-hybridized carbons (Fsp3) is 0.531. The van der Waals surface area contributed by atoms with E-state index in [0.29, 0.717) is 11.9 Å². The summed E-state index contributed by atoms with van der Waals surface area (Å²) in [4.78, 5) is 9.82. The molecule has 1 aliphatic rings. The fourth-order valence-corrected chi connectivity index (χ4v) is 4.94. The third-order valence-electron chi connectivity index (χ3n) is 7.22. The molecule has 5 heteroatoms. The number of aryl methyl sites for hydroxylation is 1. The predicted octanol–water partition coefficient (Wildman–Crippen LogP) is 8.15. The molecule has 0 bridgehead atoms. The molecule has 0 aliphatic carbocycles. The lowest BCUT2D eigenvalue weighted by molar-refractivity contribution is 0.166. The molecular weight excluding hydrogens is 454 g/mol. The maximum absolute atomic E-state index is 4.55. The number of rotatable bonds is 16. The number of hydrogen-bond donors (Lipinski definition) is 2. The van der Waals surface area contributed by atoms with Crippen LogP contribution >= 0.6 is 0 Å². The van der Waals surface area contributed by atoms with E-state index in [0.717, 1.165) is 43.0 Å². The van der Waals surface area contributed by atoms with Gasteiger partial charge in [-0.2, -0.15) is 0 Å². The Morgan fingerprint density at radius 2 is 1.78 bits per heavy atom. The Morgan fingerprint density at radius 3 is 2.35 bits per heavy atom. The molecular formula is C32H51N5. The number of allylic oxidation sites excluding steroid dienone is 3. The minimum Gasteiger partial charge on any atom is -0.370 e. The van der Waals surface area contributed by atoms with Crippen molar-refractivity contribution >= 4 is 23.3 Å². The lowest BCUT2D eigenvalue weighted by atomic mass is 10.00. The molecule has 0 amide bonds. The monoisotopic (exact) mass is 505 g/mol. The normalized spacial score (nSPS) is 14.9. The van der Waals surface area contributed by atoms with E-state index < -0.39 is 0 Å². The van der Waals surface area contributed by atoms with Crippen molar-refractivity contribution in [3.63, 3.8) is 0 Å². The lowest BCUT2D eigenvalue weighted by Crippen LogP contribution is -2.45. The zero-order valence-electron chi connectivity index (χ0n) is 24.2. The molecule has 1 aromatic carbocycles. The number of nitrogens with zero attached hydrogens (tertiary/aromatic N) is 3. The summed E-state index contributed by atoms with van der Waals surface area (Å²) in [6.07, 6.45) is 13.8. The van der Waals surface area contributed by atoms with Crippen molar-refractivity contribution in [1.29, 1.82) is 0 Å². The molecule has 0 aromatic heterocycles. The van der Waals surface area contributed by atoms with E-state index >= 15 is 0 Å². The minimum atomic E-state index is 0.632. The molecule has 1 aromatic rings. The second-order valence-electron chi connectivity index (χ2n) is 9.89. The number of aliphatic imine (C=N–C) groups is 1. The number of nitrogens with one attached hydrogen (secondary N) is 2. The highest BCUT2D eigenvalue weighted by Crippen LogP contribution is 2.36. The Morgan fingerprint density at radius 1 is 1.05 bits per heavy atom. The van der Waals surface area contributed by atoms with Crippen LogP contribution in [-0.2, 0) is 6.42 Å². The van der Waals surface area contributed by atoms with E-state index in [1.807, 2.05) is 13.1 Å². The molecule has 0 spiro atoms. The number of hydrogen-bond acceptors (Lipinski definition) is 5. The summed E-state index contributed by atoms with van der Waals surface area (Å²) >= 11 is 0. The van der Waals surface area contributed by atoms with Gasteiger partial charge in [0.1, 0.15) is 5.82 Å². The first-order valence-corrected chi connectivity index (χ1v) is 14.3. The van der Waals surface area contributed by atoms with Crippen LogP contribution in [0, 0.1) is 0 Å². The van der Waals surface area contributed by atoms with Gasteiger partial charge in [-0.15, -0.1) is 0 Å². The topological polar surface area (TPSA) is 42.9 Å². The highest BCUT2D eigenvalue weighted by molar-refractivity contribution is 5.81. The van der Waals surface area contributed by atoms with Gasteiger partial charge in [0.25, 0.3) is 0 Å². The molecule has 0 atom stereocenters. The van der Waals surface area contributed by atoms with Crippen LogP contribution < -0.4 is 15.5 Å². The van der Waals surface area contributed by atoms with Crippen molar-refractivity contribution in [2.45, 2.75) is 85.6 Å². The Balaban J connectivity index is 2.28. The second kappa shape index (κ2) is 16.1. The summed E-state index contributed by atoms with van der Waals surface area (Å²) in [7, 11) is 0. The highest BCUT2D eigenvalue weighted by atomic mass is 15.2. The molecule has 204 valence electrons. The van der Waals surface area contributed by atoms with Crippen LogP contribution in [0.25, 0.3) is 0 Å². The molecule has 2 rings (SSSR count). The smallest absolute Gasteiger partial charge is 0.123 e. The van der Waals surface area contributed by atoms with Crippen LogP contribution in [0.5, 0.6) is 0 Å². The molecule has 37 heavy (non-hydrogen) atoms. The average Bonchev–Trinajstić information content (AvgIpc) is 2.91. The van der Waals surface area contributed by atoms with Crippen LogP contribution in [0.2, 0.25) is 0 Å². The lowest BCUT2D eigenvalue weighted by Gasteiger charge is -2.40. The SMILES string of the molecule is C=CC(=C)Nc1cc(NC(=C)N=C/C(=C\C)CC)c(CC)cc1N1CCC(N(CCC)CCCC)CC1. The zero-order valence-corrected chi connectivity index (χ0v) is 24.2. The predicted molar refractivity (Wildman–Crippen MR) is 166 cm³/mol. The third-order valence-corrected chi connectivity index (χ3v) is 7.22. The van der Waals surface area contributed by atoms with Crippen molar-refractivity contribution in [3.05, 3.63) is 66.7 Å². The zero-order chi connectivity index (χ0) is 27.2. The largest absolute Gasteiger partial charge is 0.370 e. The minimum absolute atomic E-state index is 0.632. The summed E-state index contributed by atoms with van der Waals surface area (Å²) in [5.41, 5.74) is 6.52. The Kier molecular flexibility index (Phi) is 13.3. The Hall–Kier alpha value is -2.79. The molecule has 1 fully saturated rings. The van der Waals surface area contributed by atoms with E-state index in [1.165, 1.54) is 62.0 Å². The van der Waals surface area contributed by atoms with E-state index in [-0.39, 0.29) is 0 Å². The maximum atomic E-state index is 4.55. The van der Waals surface area contributed by atoms with Crippen molar-refractivity contribution < 1.29 is 0 Å². The van der Waals surface area contributed by atoms with Gasteiger partial charge in [-0.3, -0.25) is 0 Å². The van der Waals surface area contributed by atoms with Gasteiger partial charge >= 0.3 is 0 Å². The summed E-state index contributed by atoms with van der Waals surface area (Å²) in [6, 6.07) is 5.18. The first-order chi connectivity index (χ1) is 17.9. The standard InChI is InChI=1S/C32H51N5/c1-9-15-19-36(18-10-2)29-16-20-37(21-17-29)32-22-28(14-6)30(23-31(32)34-25(7)11-3)35-26(8)33-24-27(12-4)13-5/h11-12,22-24,29,34-35H,3,7-10,13-21H2,1-2,4-6H3/b27-12-,33-24?. The van der Waals surface area contributed by atoms with Gasteiger partial charge in [0.05, 0.1) is 11.4 Å². The van der Waals surface area contributed by atoms with Gasteiger partial charge in [-0.1, -0.05) is 59.9 Å². The number of piperidine rings is 1. The van der Waals surface area contributed by atoms with Gasteiger partial charge < -0.3 is 20.4 Å². The van der Waals surface area contributed by atoms with Crippen LogP contribution in [0.1, 0.15) is 78.7 Å². The maximum Gasteiger partial charge on any atom is 0.123 e. The van der Waals surface area contributed by atoms with E-state index in [2.05, 4.69) is 91.1 Å². The van der Waals surface area contributed by atoms with E-state index in [4.69, 9.17) is 0 Å². The van der Waals surface area contributed by atoms with Gasteiger partial charge in [0.2, 0.25) is 0 Å². The number of unbranched alkanes of at least 4 members (excludes halogenated alkanes) is 1. The Labute approximate surface area is 227 Å². The molecule has 2 N–H and O–H groups in total. The summed E-state index contributed by atoms with van der Waals surface area (Å²) in [5, 5.41) is 6.93. The molecule has 0 radical (unpaired) electrons. The van der Waals surface area contributed by atoms with E-state index in [1.54, 1.807) is 6.08 Å². The molecule has 1 saturated heterocycles. The second-order valence-corrected chi connectivity index (χ2v) is 9.89. The number of anilines is 3. The molecule has 5 nitrogen and oxygen atoms in total. The van der Waals surface area contributed by atoms with Crippen LogP contribution in [0.15, 0.2) is 66.1 Å². The van der Waals surface area contributed by atoms with Gasteiger partial charge in [0, 0.05) is 36.7 Å². The molecule has 0 saturated carbocycles. The van der Waals surface area contributed by atoms with Gasteiger partial charge in [-0.05, 0) is 87.9 Å². The van der Waals surface area contributed by atoms with Gasteiger partial charge in [0.15, 0.2) is 0 Å². The van der Waals surface area contributed by atoms with Crippen LogP contribution in [-0.4, -0.2) is 43.3 Å². The van der Waals surface area contributed by atoms with Crippen molar-refractivity contribution in [2.24, 2.45) is 4.99 Å². The quantitative estimate of drug-likeness (QED) is 0.176. The van der Waals surface area contributed by atoms with Crippen molar-refractivity contribution in [3.8, 4) is 0 Å². The van der Waals surface area contributed by atoms with E-state index in [9.17, 15) is 0 Å². The Bertz CT molecular complexity index is 950. The van der Waals surface area contributed by atoms with Crippen LogP contribution in [0.4, 0.5) is 17.1 Å². The van der Waals surface area contributed by atoms with Crippen molar-refractivity contribution in [2.75, 3.05) is 41.7 Å². The molecule has 1 aliphatic heterocycles.